The standard InChI is InChI=1S/C16H27N4O2/c1-3-11-21-15-17-14(18-16(19-15)22-12-4-2)20-8-5-13(6-9-20)7-10-20/h13H,3-12H2,1-2H3/q+1. The zero-order chi connectivity index (χ0) is 15.4. The topological polar surface area (TPSA) is 57.1 Å². The lowest BCUT2D eigenvalue weighted by molar-refractivity contribution is 0.105. The molecule has 4 rings (SSSR count). The van der Waals surface area contributed by atoms with Crippen LogP contribution in [0.1, 0.15) is 46.0 Å². The molecule has 0 unspecified atom stereocenters. The summed E-state index contributed by atoms with van der Waals surface area (Å²) in [7, 11) is 0. The normalized spacial score (nSPS) is 26.9. The van der Waals surface area contributed by atoms with Crippen LogP contribution in [0.5, 0.6) is 12.0 Å². The molecule has 1 aromatic rings. The van der Waals surface area contributed by atoms with E-state index in [1.165, 1.54) is 19.3 Å². The predicted molar refractivity (Wildman–Crippen MR) is 85.1 cm³/mol. The van der Waals surface area contributed by atoms with Crippen LogP contribution in [0.3, 0.4) is 0 Å². The third-order valence-corrected chi connectivity index (χ3v) is 4.77. The largest absolute Gasteiger partial charge is 0.463 e. The minimum absolute atomic E-state index is 0.415. The second kappa shape index (κ2) is 6.77. The van der Waals surface area contributed by atoms with Crippen LogP contribution < -0.4 is 14.0 Å². The van der Waals surface area contributed by atoms with Gasteiger partial charge in [0.1, 0.15) is 0 Å². The van der Waals surface area contributed by atoms with Crippen molar-refractivity contribution < 1.29 is 9.47 Å². The first-order chi connectivity index (χ1) is 10.8. The van der Waals surface area contributed by atoms with E-state index in [4.69, 9.17) is 9.47 Å². The molecule has 3 aliphatic rings. The first-order valence-electron chi connectivity index (χ1n) is 8.64. The minimum atomic E-state index is 0.415. The third kappa shape index (κ3) is 3.16. The van der Waals surface area contributed by atoms with E-state index in [1.54, 1.807) is 0 Å². The smallest absolute Gasteiger partial charge is 0.338 e. The van der Waals surface area contributed by atoms with Gasteiger partial charge in [-0.15, -0.1) is 15.0 Å². The van der Waals surface area contributed by atoms with E-state index in [1.807, 2.05) is 0 Å². The molecule has 0 atom stereocenters. The molecule has 3 saturated heterocycles. The predicted octanol–water partition coefficient (Wildman–Crippen LogP) is 2.57. The summed E-state index contributed by atoms with van der Waals surface area (Å²) in [6.45, 7) is 8.80. The highest BCUT2D eigenvalue weighted by atomic mass is 16.5. The fourth-order valence-electron chi connectivity index (χ4n) is 3.41. The first-order valence-corrected chi connectivity index (χ1v) is 8.64. The number of nitrogens with zero attached hydrogens (tertiary/aromatic N) is 4. The van der Waals surface area contributed by atoms with Crippen LogP contribution >= 0.6 is 0 Å². The van der Waals surface area contributed by atoms with Gasteiger partial charge in [0.25, 0.3) is 0 Å². The molecule has 1 aromatic heterocycles. The summed E-state index contributed by atoms with van der Waals surface area (Å²) >= 11 is 0. The van der Waals surface area contributed by atoms with Gasteiger partial charge in [0.05, 0.1) is 32.8 Å². The highest BCUT2D eigenvalue weighted by Crippen LogP contribution is 2.37. The number of hydrogen-bond acceptors (Lipinski definition) is 5. The summed E-state index contributed by atoms with van der Waals surface area (Å²) in [6, 6.07) is 0.830. The number of aromatic nitrogens is 3. The molecular formula is C16H27N4O2+. The van der Waals surface area contributed by atoms with E-state index in [2.05, 4.69) is 28.8 Å². The lowest BCUT2D eigenvalue weighted by Gasteiger charge is -2.46. The van der Waals surface area contributed by atoms with E-state index in [0.29, 0.717) is 25.2 Å². The number of hydrogen-bond donors (Lipinski definition) is 0. The van der Waals surface area contributed by atoms with E-state index in [-0.39, 0.29) is 0 Å². The van der Waals surface area contributed by atoms with Gasteiger partial charge < -0.3 is 9.47 Å². The summed E-state index contributed by atoms with van der Waals surface area (Å²) in [5.74, 6) is 1.75. The molecule has 0 N–H and O–H groups in total. The Balaban J connectivity index is 1.87. The Hall–Kier alpha value is -1.43. The zero-order valence-corrected chi connectivity index (χ0v) is 13.8. The molecule has 0 saturated carbocycles. The summed E-state index contributed by atoms with van der Waals surface area (Å²) in [6.07, 6.45) is 5.72. The molecule has 2 bridgehead atoms. The van der Waals surface area contributed by atoms with Crippen LogP contribution in [0.4, 0.5) is 5.95 Å². The molecule has 0 aliphatic carbocycles. The van der Waals surface area contributed by atoms with Gasteiger partial charge in [-0.05, 0) is 18.8 Å². The summed E-state index contributed by atoms with van der Waals surface area (Å²) in [5, 5.41) is 0. The molecule has 6 nitrogen and oxygen atoms in total. The average molecular weight is 307 g/mol. The lowest BCUT2D eigenvalue weighted by atomic mass is 9.86. The van der Waals surface area contributed by atoms with Crippen molar-refractivity contribution in [3.63, 3.8) is 0 Å². The first kappa shape index (κ1) is 15.5. The molecule has 6 heteroatoms. The number of rotatable bonds is 7. The maximum Gasteiger partial charge on any atom is 0.338 e. The Morgan fingerprint density at radius 2 is 1.36 bits per heavy atom. The maximum atomic E-state index is 5.66. The molecule has 122 valence electrons. The minimum Gasteiger partial charge on any atom is -0.463 e. The van der Waals surface area contributed by atoms with Gasteiger partial charge in [-0.3, -0.25) is 4.48 Å². The quantitative estimate of drug-likeness (QED) is 0.725. The van der Waals surface area contributed by atoms with E-state index in [0.717, 1.165) is 48.8 Å². The van der Waals surface area contributed by atoms with Crippen molar-refractivity contribution in [1.29, 1.82) is 0 Å². The second-order valence-electron chi connectivity index (χ2n) is 6.45. The molecular weight excluding hydrogens is 280 g/mol. The van der Waals surface area contributed by atoms with Gasteiger partial charge in [-0.25, -0.2) is 0 Å². The maximum absolute atomic E-state index is 5.66. The van der Waals surface area contributed by atoms with E-state index in [9.17, 15) is 0 Å². The van der Waals surface area contributed by atoms with Gasteiger partial charge in [0.15, 0.2) is 0 Å². The average Bonchev–Trinajstić information content (AvgIpc) is 2.59. The van der Waals surface area contributed by atoms with Crippen molar-refractivity contribution in [2.45, 2.75) is 46.0 Å². The molecule has 0 aromatic carbocycles. The molecule has 4 heterocycles. The van der Waals surface area contributed by atoms with Crippen molar-refractivity contribution in [2.75, 3.05) is 32.8 Å². The Kier molecular flexibility index (Phi) is 4.76. The van der Waals surface area contributed by atoms with Crippen molar-refractivity contribution in [1.82, 2.24) is 19.4 Å². The van der Waals surface area contributed by atoms with Gasteiger partial charge in [-0.1, -0.05) is 13.8 Å². The monoisotopic (exact) mass is 307 g/mol. The summed E-state index contributed by atoms with van der Waals surface area (Å²) < 4.78 is 12.2. The lowest BCUT2D eigenvalue weighted by Crippen LogP contribution is -2.60. The van der Waals surface area contributed by atoms with Crippen molar-refractivity contribution in [3.05, 3.63) is 0 Å². The Bertz CT molecular complexity index is 461. The molecule has 22 heavy (non-hydrogen) atoms. The highest BCUT2D eigenvalue weighted by molar-refractivity contribution is 5.30. The summed E-state index contributed by atoms with van der Waals surface area (Å²) in [4.78, 5) is 13.5. The fourth-order valence-corrected chi connectivity index (χ4v) is 3.41. The number of ether oxygens (including phenoxy) is 2. The number of quaternary nitrogens is 1. The van der Waals surface area contributed by atoms with Crippen LogP contribution in [0.15, 0.2) is 0 Å². The molecule has 3 aliphatic heterocycles. The van der Waals surface area contributed by atoms with Crippen LogP contribution in [0, 0.1) is 5.92 Å². The van der Waals surface area contributed by atoms with Gasteiger partial charge >= 0.3 is 18.0 Å². The second-order valence-corrected chi connectivity index (χ2v) is 6.45. The van der Waals surface area contributed by atoms with Crippen LogP contribution in [-0.4, -0.2) is 47.8 Å². The molecule has 0 amide bonds. The Labute approximate surface area is 132 Å². The van der Waals surface area contributed by atoms with E-state index < -0.39 is 0 Å². The van der Waals surface area contributed by atoms with Crippen molar-refractivity contribution in [3.8, 4) is 12.0 Å². The van der Waals surface area contributed by atoms with Gasteiger partial charge in [0, 0.05) is 19.3 Å². The zero-order valence-electron chi connectivity index (χ0n) is 13.8. The number of fused-ring (bicyclic) bond motifs is 3. The van der Waals surface area contributed by atoms with Gasteiger partial charge in [0.2, 0.25) is 0 Å². The number of piperidine rings is 3. The van der Waals surface area contributed by atoms with E-state index >= 15 is 0 Å². The van der Waals surface area contributed by atoms with Gasteiger partial charge in [-0.2, -0.15) is 0 Å². The highest BCUT2D eigenvalue weighted by Gasteiger charge is 2.44. The molecule has 0 spiro atoms. The van der Waals surface area contributed by atoms with Crippen LogP contribution in [0.25, 0.3) is 0 Å². The third-order valence-electron chi connectivity index (χ3n) is 4.77. The Morgan fingerprint density at radius 1 is 0.864 bits per heavy atom. The van der Waals surface area contributed by atoms with Crippen molar-refractivity contribution >= 4 is 5.95 Å². The van der Waals surface area contributed by atoms with Crippen LogP contribution in [0.2, 0.25) is 0 Å². The van der Waals surface area contributed by atoms with Crippen LogP contribution in [-0.2, 0) is 0 Å². The Morgan fingerprint density at radius 3 is 1.82 bits per heavy atom. The fraction of sp³-hybridized carbons (Fsp3) is 0.812. The van der Waals surface area contributed by atoms with Crippen molar-refractivity contribution in [2.24, 2.45) is 5.92 Å². The summed E-state index contributed by atoms with van der Waals surface area (Å²) in [5.41, 5.74) is 0. The molecule has 0 radical (unpaired) electrons. The molecule has 3 fully saturated rings. The SMILES string of the molecule is CCCOc1nc(OCCC)nc([N+]23CCC(CC2)CC3)n1.